The number of benzene rings is 1. The molecule has 12 heavy (non-hydrogen) atoms. The van der Waals surface area contributed by atoms with Crippen molar-refractivity contribution in [1.29, 1.82) is 0 Å². The van der Waals surface area contributed by atoms with Crippen molar-refractivity contribution in [2.45, 2.75) is 12.8 Å². The van der Waals surface area contributed by atoms with Crippen LogP contribution in [0.5, 0.6) is 0 Å². The smallest absolute Gasteiger partial charge is 0.228 e. The minimum atomic E-state index is 0.541. The van der Waals surface area contributed by atoms with Gasteiger partial charge < -0.3 is 0 Å². The maximum absolute atomic E-state index is 10.1. The predicted octanol–water partition coefficient (Wildman–Crippen LogP) is 2.29. The van der Waals surface area contributed by atoms with E-state index in [1.54, 1.807) is 6.29 Å². The lowest BCUT2D eigenvalue weighted by atomic mass is 10.1. The molecule has 1 aromatic rings. The maximum atomic E-state index is 10.1. The number of carbonyl (C=O) groups excluding carboxylic acids is 1. The van der Waals surface area contributed by atoms with E-state index >= 15 is 0 Å². The van der Waals surface area contributed by atoms with Gasteiger partial charge in [0, 0.05) is 0 Å². The van der Waals surface area contributed by atoms with Gasteiger partial charge in [0.25, 0.3) is 0 Å². The highest BCUT2D eigenvalue weighted by Gasteiger charge is 1.94. The topological polar surface area (TPSA) is 17.1 Å². The summed E-state index contributed by atoms with van der Waals surface area (Å²) in [5, 5.41) is 0. The van der Waals surface area contributed by atoms with Gasteiger partial charge in [-0.3, -0.25) is 4.79 Å². The Morgan fingerprint density at radius 1 is 1.33 bits per heavy atom. The van der Waals surface area contributed by atoms with Gasteiger partial charge in [-0.05, 0) is 24.0 Å². The van der Waals surface area contributed by atoms with Gasteiger partial charge in [-0.15, -0.1) is 0 Å². The largest absolute Gasteiger partial charge is 0.285 e. The van der Waals surface area contributed by atoms with Crippen molar-refractivity contribution in [2.24, 2.45) is 0 Å². The van der Waals surface area contributed by atoms with Crippen molar-refractivity contribution in [2.75, 3.05) is 0 Å². The van der Waals surface area contributed by atoms with Gasteiger partial charge >= 0.3 is 0 Å². The Labute approximate surface area is 72.7 Å². The molecule has 1 radical (unpaired) electrons. The molecule has 0 bridgehead atoms. The van der Waals surface area contributed by atoms with E-state index in [2.05, 4.69) is 6.58 Å². The standard InChI is InChI=1S/C11H11O/c1-10(9-12)7-8-11-5-3-2-4-6-11/h2-6H,1,7-8H2. The summed E-state index contributed by atoms with van der Waals surface area (Å²) in [6, 6.07) is 10.0. The molecule has 0 unspecified atom stereocenters. The van der Waals surface area contributed by atoms with Crippen LogP contribution in [0, 0.1) is 0 Å². The monoisotopic (exact) mass is 159 g/mol. The summed E-state index contributed by atoms with van der Waals surface area (Å²) in [4.78, 5) is 10.1. The number of allylic oxidation sites excluding steroid dienone is 1. The zero-order valence-corrected chi connectivity index (χ0v) is 6.92. The number of hydrogen-bond donors (Lipinski definition) is 0. The molecule has 0 aliphatic heterocycles. The van der Waals surface area contributed by atoms with Crippen LogP contribution < -0.4 is 0 Å². The van der Waals surface area contributed by atoms with Crippen molar-refractivity contribution in [3.63, 3.8) is 0 Å². The first-order valence-electron chi connectivity index (χ1n) is 3.93. The first kappa shape index (κ1) is 8.72. The van der Waals surface area contributed by atoms with Crippen LogP contribution >= 0.6 is 0 Å². The van der Waals surface area contributed by atoms with Gasteiger partial charge in [0.2, 0.25) is 6.29 Å². The second kappa shape index (κ2) is 4.50. The van der Waals surface area contributed by atoms with Gasteiger partial charge in [0.15, 0.2) is 0 Å². The van der Waals surface area contributed by atoms with Gasteiger partial charge in [-0.25, -0.2) is 0 Å². The van der Waals surface area contributed by atoms with Crippen LogP contribution in [-0.4, -0.2) is 6.29 Å². The van der Waals surface area contributed by atoms with Crippen molar-refractivity contribution < 1.29 is 4.79 Å². The van der Waals surface area contributed by atoms with Crippen LogP contribution in [0.2, 0.25) is 0 Å². The average Bonchev–Trinajstić information content (AvgIpc) is 2.16. The molecule has 0 N–H and O–H groups in total. The van der Waals surface area contributed by atoms with Crippen molar-refractivity contribution >= 4 is 6.29 Å². The van der Waals surface area contributed by atoms with Crippen molar-refractivity contribution in [3.8, 4) is 0 Å². The second-order valence-corrected chi connectivity index (χ2v) is 2.69. The maximum Gasteiger partial charge on any atom is 0.228 e. The molecule has 0 spiro atoms. The third-order valence-electron chi connectivity index (χ3n) is 1.70. The van der Waals surface area contributed by atoms with E-state index in [9.17, 15) is 4.79 Å². The predicted molar refractivity (Wildman–Crippen MR) is 49.6 cm³/mol. The molecule has 1 nitrogen and oxygen atoms in total. The van der Waals surface area contributed by atoms with E-state index in [4.69, 9.17) is 0 Å². The molecule has 1 aromatic carbocycles. The van der Waals surface area contributed by atoms with E-state index < -0.39 is 0 Å². The van der Waals surface area contributed by atoms with E-state index in [0.717, 1.165) is 6.42 Å². The van der Waals surface area contributed by atoms with Crippen molar-refractivity contribution in [3.05, 3.63) is 48.0 Å². The molecule has 1 rings (SSSR count). The SMILES string of the molecule is C=C([C]=O)CCc1ccccc1. The van der Waals surface area contributed by atoms with E-state index in [1.165, 1.54) is 5.56 Å². The molecule has 0 fully saturated rings. The molecular formula is C11H11O. The number of hydrogen-bond acceptors (Lipinski definition) is 1. The van der Waals surface area contributed by atoms with Crippen LogP contribution in [0.1, 0.15) is 12.0 Å². The molecule has 0 heterocycles. The Hall–Kier alpha value is -1.37. The average molecular weight is 159 g/mol. The normalized spacial score (nSPS) is 9.33. The van der Waals surface area contributed by atoms with E-state index in [1.807, 2.05) is 30.3 Å². The van der Waals surface area contributed by atoms with Crippen molar-refractivity contribution in [1.82, 2.24) is 0 Å². The quantitative estimate of drug-likeness (QED) is 0.616. The fourth-order valence-electron chi connectivity index (χ4n) is 0.991. The summed E-state index contributed by atoms with van der Waals surface area (Å²) in [7, 11) is 0. The molecule has 0 saturated carbocycles. The highest BCUT2D eigenvalue weighted by Crippen LogP contribution is 2.05. The summed E-state index contributed by atoms with van der Waals surface area (Å²) in [6.45, 7) is 3.56. The molecule has 0 aliphatic carbocycles. The lowest BCUT2D eigenvalue weighted by Gasteiger charge is -1.97. The highest BCUT2D eigenvalue weighted by atomic mass is 16.1. The van der Waals surface area contributed by atoms with E-state index in [-0.39, 0.29) is 0 Å². The molecule has 0 atom stereocenters. The summed E-state index contributed by atoms with van der Waals surface area (Å²) in [6.07, 6.45) is 3.36. The van der Waals surface area contributed by atoms with Gasteiger partial charge in [0.05, 0.1) is 0 Å². The minimum Gasteiger partial charge on any atom is -0.285 e. The second-order valence-electron chi connectivity index (χ2n) is 2.69. The molecule has 0 aliphatic rings. The summed E-state index contributed by atoms with van der Waals surface area (Å²) in [5.41, 5.74) is 1.77. The zero-order valence-electron chi connectivity index (χ0n) is 6.92. The Morgan fingerprint density at radius 3 is 2.58 bits per heavy atom. The molecule has 0 amide bonds. The van der Waals surface area contributed by atoms with E-state index in [0.29, 0.717) is 12.0 Å². The van der Waals surface area contributed by atoms with Crippen LogP contribution in [-0.2, 0) is 11.2 Å². The third-order valence-corrected chi connectivity index (χ3v) is 1.70. The third kappa shape index (κ3) is 2.70. The lowest BCUT2D eigenvalue weighted by molar-refractivity contribution is 0.560. The van der Waals surface area contributed by atoms with Crippen LogP contribution in [0.15, 0.2) is 42.5 Å². The molecule has 61 valence electrons. The Morgan fingerprint density at radius 2 is 2.00 bits per heavy atom. The highest BCUT2D eigenvalue weighted by molar-refractivity contribution is 5.72. The summed E-state index contributed by atoms with van der Waals surface area (Å²) in [5.74, 6) is 0. The Bertz CT molecular complexity index is 262. The van der Waals surface area contributed by atoms with Crippen LogP contribution in [0.3, 0.4) is 0 Å². The first-order valence-corrected chi connectivity index (χ1v) is 3.93. The van der Waals surface area contributed by atoms with Gasteiger partial charge in [-0.1, -0.05) is 36.9 Å². The Kier molecular flexibility index (Phi) is 3.27. The molecule has 0 aromatic heterocycles. The number of rotatable bonds is 4. The minimum absolute atomic E-state index is 0.541. The fourth-order valence-corrected chi connectivity index (χ4v) is 0.991. The van der Waals surface area contributed by atoms with Crippen LogP contribution in [0.4, 0.5) is 0 Å². The fraction of sp³-hybridized carbons (Fsp3) is 0.182. The van der Waals surface area contributed by atoms with Crippen LogP contribution in [0.25, 0.3) is 0 Å². The zero-order chi connectivity index (χ0) is 8.81. The van der Waals surface area contributed by atoms with Gasteiger partial charge in [0.1, 0.15) is 0 Å². The first-order chi connectivity index (χ1) is 5.83. The lowest BCUT2D eigenvalue weighted by Crippen LogP contribution is -1.88. The molecular weight excluding hydrogens is 148 g/mol. The Balaban J connectivity index is 2.43. The molecule has 1 heteroatoms. The number of aryl methyl sites for hydroxylation is 1. The summed E-state index contributed by atoms with van der Waals surface area (Å²) < 4.78 is 0. The summed E-state index contributed by atoms with van der Waals surface area (Å²) >= 11 is 0. The van der Waals surface area contributed by atoms with Gasteiger partial charge in [-0.2, -0.15) is 0 Å². The molecule has 0 saturated heterocycles.